The minimum absolute atomic E-state index is 0.137. The van der Waals surface area contributed by atoms with Crippen molar-refractivity contribution in [2.75, 3.05) is 0 Å². The van der Waals surface area contributed by atoms with Gasteiger partial charge in [-0.1, -0.05) is 82.7 Å². The van der Waals surface area contributed by atoms with Crippen LogP contribution in [0.1, 0.15) is 76.3 Å². The Kier molecular flexibility index (Phi) is 8.11. The molecule has 0 bridgehead atoms. The summed E-state index contributed by atoms with van der Waals surface area (Å²) in [6.45, 7) is 4.35. The first-order chi connectivity index (χ1) is 12.5. The lowest BCUT2D eigenvalue weighted by Crippen LogP contribution is -2.08. The second kappa shape index (κ2) is 10.1. The van der Waals surface area contributed by atoms with E-state index in [9.17, 15) is 13.0 Å². The lowest BCUT2D eigenvalue weighted by molar-refractivity contribution is 0.482. The minimum Gasteiger partial charge on any atom is -0.282 e. The summed E-state index contributed by atoms with van der Waals surface area (Å²) >= 11 is 0. The summed E-state index contributed by atoms with van der Waals surface area (Å²) in [7, 11) is -4.26. The van der Waals surface area contributed by atoms with Gasteiger partial charge in [0.25, 0.3) is 10.1 Å². The number of aryl methyl sites for hydroxylation is 1. The molecule has 2 rings (SSSR count). The number of hydrogen-bond acceptors (Lipinski definition) is 2. The Morgan fingerprint density at radius 2 is 1.46 bits per heavy atom. The van der Waals surface area contributed by atoms with Gasteiger partial charge in [-0.15, -0.1) is 0 Å². The van der Waals surface area contributed by atoms with Gasteiger partial charge >= 0.3 is 0 Å². The van der Waals surface area contributed by atoms with Crippen LogP contribution < -0.4 is 0 Å². The normalized spacial score (nSPS) is 12.0. The van der Waals surface area contributed by atoms with Gasteiger partial charge in [0.1, 0.15) is 4.90 Å². The van der Waals surface area contributed by atoms with E-state index in [-0.39, 0.29) is 4.90 Å². The van der Waals surface area contributed by atoms with Crippen molar-refractivity contribution in [3.63, 3.8) is 0 Å². The predicted molar refractivity (Wildman–Crippen MR) is 109 cm³/mol. The summed E-state index contributed by atoms with van der Waals surface area (Å²) in [5.41, 5.74) is 1.92. The molecule has 26 heavy (non-hydrogen) atoms. The van der Waals surface area contributed by atoms with Crippen LogP contribution in [0.3, 0.4) is 0 Å². The van der Waals surface area contributed by atoms with Crippen molar-refractivity contribution in [3.8, 4) is 0 Å². The Bertz CT molecular complexity index is 809. The maximum absolute atomic E-state index is 12.2. The Hall–Kier alpha value is -1.39. The molecule has 0 heterocycles. The molecule has 144 valence electrons. The van der Waals surface area contributed by atoms with Gasteiger partial charge in [-0.3, -0.25) is 4.55 Å². The van der Waals surface area contributed by atoms with E-state index in [1.165, 1.54) is 12.8 Å². The fourth-order valence-electron chi connectivity index (χ4n) is 3.68. The number of unbranched alkanes of at least 4 members (excludes halogenated alkanes) is 6. The molecule has 2 aromatic carbocycles. The van der Waals surface area contributed by atoms with E-state index >= 15 is 0 Å². The number of fused-ring (bicyclic) bond motifs is 1. The molecule has 0 spiro atoms. The van der Waals surface area contributed by atoms with Crippen molar-refractivity contribution in [1.82, 2.24) is 0 Å². The van der Waals surface area contributed by atoms with Crippen LogP contribution in [-0.2, 0) is 23.0 Å². The zero-order chi connectivity index (χ0) is 19.0. The average Bonchev–Trinajstić information content (AvgIpc) is 2.61. The summed E-state index contributed by atoms with van der Waals surface area (Å²) in [6.07, 6.45) is 10.5. The summed E-state index contributed by atoms with van der Waals surface area (Å²) in [5.74, 6) is 0. The third kappa shape index (κ3) is 5.55. The Balaban J connectivity index is 2.47. The predicted octanol–water partition coefficient (Wildman–Crippen LogP) is 6.33. The second-order valence-corrected chi connectivity index (χ2v) is 8.52. The van der Waals surface area contributed by atoms with E-state index in [2.05, 4.69) is 19.9 Å². The SMILES string of the molecule is CCCCCCc1cc2ccccc2c(S(=O)(=O)O)c1CCCCCC. The van der Waals surface area contributed by atoms with Crippen molar-refractivity contribution in [3.05, 3.63) is 41.5 Å². The van der Waals surface area contributed by atoms with Crippen LogP contribution in [0.2, 0.25) is 0 Å². The van der Waals surface area contributed by atoms with Crippen LogP contribution >= 0.6 is 0 Å². The largest absolute Gasteiger partial charge is 0.295 e. The molecule has 4 heteroatoms. The first-order valence-corrected chi connectivity index (χ1v) is 11.4. The highest BCUT2D eigenvalue weighted by Gasteiger charge is 2.22. The molecule has 1 N–H and O–H groups in total. The van der Waals surface area contributed by atoms with E-state index in [4.69, 9.17) is 0 Å². The summed E-state index contributed by atoms with van der Waals surface area (Å²) < 4.78 is 34.5. The van der Waals surface area contributed by atoms with Crippen LogP contribution in [-0.4, -0.2) is 13.0 Å². The molecule has 0 aliphatic heterocycles. The second-order valence-electron chi connectivity index (χ2n) is 7.16. The maximum Gasteiger partial charge on any atom is 0.295 e. The fourth-order valence-corrected chi connectivity index (χ4v) is 4.68. The molecule has 3 nitrogen and oxygen atoms in total. The highest BCUT2D eigenvalue weighted by atomic mass is 32.2. The molecular weight excluding hydrogens is 344 g/mol. The van der Waals surface area contributed by atoms with Crippen molar-refractivity contribution < 1.29 is 13.0 Å². The molecule has 0 aromatic heterocycles. The van der Waals surface area contributed by atoms with Gasteiger partial charge in [0, 0.05) is 5.39 Å². The third-order valence-corrected chi connectivity index (χ3v) is 6.02. The van der Waals surface area contributed by atoms with E-state index in [1.54, 1.807) is 6.07 Å². The van der Waals surface area contributed by atoms with Crippen LogP contribution in [0.25, 0.3) is 10.8 Å². The van der Waals surface area contributed by atoms with Gasteiger partial charge in [0.05, 0.1) is 0 Å². The quantitative estimate of drug-likeness (QED) is 0.368. The lowest BCUT2D eigenvalue weighted by atomic mass is 9.93. The van der Waals surface area contributed by atoms with Gasteiger partial charge < -0.3 is 0 Å². The van der Waals surface area contributed by atoms with Gasteiger partial charge in [-0.2, -0.15) is 8.42 Å². The highest BCUT2D eigenvalue weighted by molar-refractivity contribution is 7.86. The summed E-state index contributed by atoms with van der Waals surface area (Å²) in [6, 6.07) is 9.61. The topological polar surface area (TPSA) is 54.4 Å². The Morgan fingerprint density at radius 1 is 0.846 bits per heavy atom. The molecule has 0 amide bonds. The van der Waals surface area contributed by atoms with E-state index in [0.29, 0.717) is 11.8 Å². The Morgan fingerprint density at radius 3 is 2.08 bits per heavy atom. The zero-order valence-corrected chi connectivity index (χ0v) is 16.9. The van der Waals surface area contributed by atoms with Crippen LogP contribution in [0, 0.1) is 0 Å². The molecule has 0 radical (unpaired) electrons. The smallest absolute Gasteiger partial charge is 0.282 e. The Labute approximate surface area is 158 Å². The van der Waals surface area contributed by atoms with Crippen molar-refractivity contribution in [2.45, 2.75) is 83.0 Å². The minimum atomic E-state index is -4.26. The summed E-state index contributed by atoms with van der Waals surface area (Å²) in [4.78, 5) is 0.137. The van der Waals surface area contributed by atoms with E-state index < -0.39 is 10.1 Å². The third-order valence-electron chi connectivity index (χ3n) is 5.03. The lowest BCUT2D eigenvalue weighted by Gasteiger charge is -2.17. The van der Waals surface area contributed by atoms with Crippen molar-refractivity contribution >= 4 is 20.9 Å². The fraction of sp³-hybridized carbons (Fsp3) is 0.545. The zero-order valence-electron chi connectivity index (χ0n) is 16.1. The number of rotatable bonds is 11. The first-order valence-electron chi connectivity index (χ1n) is 10.00. The van der Waals surface area contributed by atoms with Crippen LogP contribution in [0.4, 0.5) is 0 Å². The monoisotopic (exact) mass is 376 g/mol. The molecule has 0 saturated heterocycles. The standard InChI is InChI=1S/C22H32O3S/c1-3-5-7-9-13-18-17-19-14-11-12-16-21(19)22(26(23,24)25)20(18)15-10-8-6-4-2/h11-12,14,16-17H,3-10,13,15H2,1-2H3,(H,23,24,25). The number of benzene rings is 2. The van der Waals surface area contributed by atoms with Gasteiger partial charge in [0.15, 0.2) is 0 Å². The average molecular weight is 377 g/mol. The molecule has 2 aromatic rings. The molecular formula is C22H32O3S. The van der Waals surface area contributed by atoms with E-state index in [0.717, 1.165) is 61.5 Å². The van der Waals surface area contributed by atoms with Gasteiger partial charge in [-0.05, 0) is 42.2 Å². The van der Waals surface area contributed by atoms with E-state index in [1.807, 2.05) is 18.2 Å². The summed E-state index contributed by atoms with van der Waals surface area (Å²) in [5, 5.41) is 1.53. The molecule has 0 saturated carbocycles. The van der Waals surface area contributed by atoms with Crippen molar-refractivity contribution in [2.24, 2.45) is 0 Å². The highest BCUT2D eigenvalue weighted by Crippen LogP contribution is 2.32. The molecule has 0 atom stereocenters. The maximum atomic E-state index is 12.2. The van der Waals surface area contributed by atoms with Crippen molar-refractivity contribution in [1.29, 1.82) is 0 Å². The molecule has 0 fully saturated rings. The molecule has 0 aliphatic carbocycles. The van der Waals surface area contributed by atoms with Gasteiger partial charge in [-0.25, -0.2) is 0 Å². The van der Waals surface area contributed by atoms with Crippen LogP contribution in [0.15, 0.2) is 35.2 Å². The molecule has 0 aliphatic rings. The first kappa shape index (κ1) is 20.9. The van der Waals surface area contributed by atoms with Crippen LogP contribution in [0.5, 0.6) is 0 Å². The number of hydrogen-bond donors (Lipinski definition) is 1. The van der Waals surface area contributed by atoms with Gasteiger partial charge in [0.2, 0.25) is 0 Å². The molecule has 0 unspecified atom stereocenters.